The molecule has 7 nitrogen and oxygen atoms in total. The van der Waals surface area contributed by atoms with Crippen LogP contribution in [0.1, 0.15) is 28.2 Å². The van der Waals surface area contributed by atoms with Crippen LogP contribution in [0.25, 0.3) is 10.9 Å². The molecule has 0 saturated heterocycles. The molecule has 0 spiro atoms. The number of benzene rings is 1. The Labute approximate surface area is 150 Å². The lowest BCUT2D eigenvalue weighted by Crippen LogP contribution is -2.38. The number of carboxylic acids is 1. The van der Waals surface area contributed by atoms with Crippen molar-refractivity contribution in [3.8, 4) is 0 Å². The Morgan fingerprint density at radius 1 is 1.23 bits per heavy atom. The molecule has 1 aromatic carbocycles. The number of para-hydroxylation sites is 1. The van der Waals surface area contributed by atoms with E-state index < -0.39 is 5.97 Å². The summed E-state index contributed by atoms with van der Waals surface area (Å²) < 4.78 is 3.85. The highest BCUT2D eigenvalue weighted by Gasteiger charge is 2.25. The van der Waals surface area contributed by atoms with Crippen molar-refractivity contribution in [1.82, 2.24) is 19.2 Å². The summed E-state index contributed by atoms with van der Waals surface area (Å²) in [6.45, 7) is 1.70. The topological polar surface area (TPSA) is 80.4 Å². The molecule has 0 radical (unpaired) electrons. The highest BCUT2D eigenvalue weighted by Crippen LogP contribution is 2.24. The third kappa shape index (κ3) is 2.85. The molecule has 0 aliphatic carbocycles. The summed E-state index contributed by atoms with van der Waals surface area (Å²) >= 11 is 0. The number of carboxylic acid groups (broad SMARTS) is 1. The quantitative estimate of drug-likeness (QED) is 0.779. The number of hydrogen-bond acceptors (Lipinski definition) is 3. The van der Waals surface area contributed by atoms with Gasteiger partial charge in [0.05, 0.1) is 36.5 Å². The summed E-state index contributed by atoms with van der Waals surface area (Å²) in [7, 11) is 1.94. The third-order valence-electron chi connectivity index (χ3n) is 4.86. The zero-order valence-corrected chi connectivity index (χ0v) is 14.6. The van der Waals surface area contributed by atoms with E-state index in [1.165, 1.54) is 0 Å². The minimum absolute atomic E-state index is 0.0151. The van der Waals surface area contributed by atoms with Gasteiger partial charge in [-0.05, 0) is 12.1 Å². The van der Waals surface area contributed by atoms with Crippen LogP contribution in [0, 0.1) is 0 Å². The zero-order chi connectivity index (χ0) is 18.3. The van der Waals surface area contributed by atoms with Crippen LogP contribution in [0.15, 0.2) is 36.5 Å². The lowest BCUT2D eigenvalue weighted by atomic mass is 10.1. The van der Waals surface area contributed by atoms with Gasteiger partial charge < -0.3 is 14.6 Å². The van der Waals surface area contributed by atoms with Crippen LogP contribution in [-0.4, -0.2) is 42.8 Å². The van der Waals surface area contributed by atoms with E-state index >= 15 is 0 Å². The molecule has 7 heteroatoms. The highest BCUT2D eigenvalue weighted by atomic mass is 16.4. The first kappa shape index (κ1) is 16.4. The van der Waals surface area contributed by atoms with Gasteiger partial charge in [0.25, 0.3) is 5.91 Å². The molecule has 1 amide bonds. The number of rotatable bonds is 4. The van der Waals surface area contributed by atoms with Crippen LogP contribution in [0.5, 0.6) is 0 Å². The van der Waals surface area contributed by atoms with Gasteiger partial charge in [-0.25, -0.2) is 0 Å². The lowest BCUT2D eigenvalue weighted by Gasteiger charge is -2.27. The van der Waals surface area contributed by atoms with Crippen molar-refractivity contribution in [2.45, 2.75) is 25.9 Å². The molecular weight excluding hydrogens is 332 g/mol. The number of carbonyl (C=O) groups excluding carboxylic acids is 1. The van der Waals surface area contributed by atoms with Crippen LogP contribution in [0.4, 0.5) is 0 Å². The molecule has 1 aliphatic heterocycles. The molecule has 3 heterocycles. The van der Waals surface area contributed by atoms with E-state index in [0.717, 1.165) is 22.3 Å². The molecular formula is C19H20N4O3. The van der Waals surface area contributed by atoms with Gasteiger partial charge in [0, 0.05) is 37.1 Å². The van der Waals surface area contributed by atoms with E-state index in [9.17, 15) is 9.59 Å². The molecule has 0 saturated carbocycles. The molecule has 1 aliphatic rings. The second kappa shape index (κ2) is 6.33. The summed E-state index contributed by atoms with van der Waals surface area (Å²) in [5.41, 5.74) is 3.46. The van der Waals surface area contributed by atoms with Crippen molar-refractivity contribution in [2.24, 2.45) is 7.05 Å². The molecule has 26 heavy (non-hydrogen) atoms. The first-order valence-electron chi connectivity index (χ1n) is 8.63. The van der Waals surface area contributed by atoms with Gasteiger partial charge in [-0.1, -0.05) is 18.2 Å². The van der Waals surface area contributed by atoms with Crippen LogP contribution >= 0.6 is 0 Å². The summed E-state index contributed by atoms with van der Waals surface area (Å²) in [5.74, 6) is -0.815. The zero-order valence-electron chi connectivity index (χ0n) is 14.6. The van der Waals surface area contributed by atoms with Gasteiger partial charge in [-0.2, -0.15) is 5.10 Å². The fourth-order valence-electron chi connectivity index (χ4n) is 3.54. The number of hydrogen-bond donors (Lipinski definition) is 1. The van der Waals surface area contributed by atoms with Crippen molar-refractivity contribution in [2.75, 3.05) is 6.54 Å². The van der Waals surface area contributed by atoms with Crippen LogP contribution in [0.3, 0.4) is 0 Å². The Hall–Kier alpha value is -3.09. The Morgan fingerprint density at radius 2 is 2.04 bits per heavy atom. The molecule has 0 bridgehead atoms. The predicted octanol–water partition coefficient (Wildman–Crippen LogP) is 2.05. The van der Waals surface area contributed by atoms with Gasteiger partial charge in [-0.3, -0.25) is 14.3 Å². The summed E-state index contributed by atoms with van der Waals surface area (Å²) in [6.07, 6.45) is 2.36. The Bertz CT molecular complexity index is 1000. The minimum Gasteiger partial charge on any atom is -0.481 e. The molecule has 3 aromatic rings. The first-order valence-corrected chi connectivity index (χ1v) is 8.63. The van der Waals surface area contributed by atoms with E-state index in [1.807, 2.05) is 57.7 Å². The molecule has 1 N–H and O–H groups in total. The maximum atomic E-state index is 13.1. The van der Waals surface area contributed by atoms with Gasteiger partial charge in [-0.15, -0.1) is 0 Å². The Kier molecular flexibility index (Phi) is 3.99. The number of aromatic nitrogens is 3. The number of fused-ring (bicyclic) bond motifs is 2. The van der Waals surface area contributed by atoms with Gasteiger partial charge in [0.1, 0.15) is 0 Å². The van der Waals surface area contributed by atoms with Crippen molar-refractivity contribution in [1.29, 1.82) is 0 Å². The summed E-state index contributed by atoms with van der Waals surface area (Å²) in [6, 6.07) is 9.80. The molecule has 0 atom stereocenters. The molecule has 0 fully saturated rings. The molecule has 2 aromatic heterocycles. The van der Waals surface area contributed by atoms with E-state index in [-0.39, 0.29) is 12.3 Å². The SMILES string of the molecule is Cn1cc(C(=O)N2CCn3nc(CCC(=O)O)cc3C2)c2ccccc21. The number of aryl methyl sites for hydroxylation is 2. The fourth-order valence-corrected chi connectivity index (χ4v) is 3.54. The van der Waals surface area contributed by atoms with E-state index in [0.29, 0.717) is 31.6 Å². The second-order valence-corrected chi connectivity index (χ2v) is 6.64. The first-order chi connectivity index (χ1) is 12.5. The monoisotopic (exact) mass is 352 g/mol. The summed E-state index contributed by atoms with van der Waals surface area (Å²) in [4.78, 5) is 25.6. The number of amides is 1. The van der Waals surface area contributed by atoms with Crippen molar-refractivity contribution >= 4 is 22.8 Å². The Morgan fingerprint density at radius 3 is 2.85 bits per heavy atom. The van der Waals surface area contributed by atoms with Gasteiger partial charge in [0.15, 0.2) is 0 Å². The average Bonchev–Trinajstić information content (AvgIpc) is 3.20. The number of carbonyl (C=O) groups is 2. The standard InChI is InChI=1S/C19H20N4O3/c1-21-12-16(15-4-2-3-5-17(15)21)19(26)22-8-9-23-14(11-22)10-13(20-23)6-7-18(24)25/h2-5,10,12H,6-9,11H2,1H3,(H,24,25). The predicted molar refractivity (Wildman–Crippen MR) is 95.8 cm³/mol. The van der Waals surface area contributed by atoms with Crippen LogP contribution < -0.4 is 0 Å². The maximum Gasteiger partial charge on any atom is 0.303 e. The molecule has 0 unspecified atom stereocenters. The van der Waals surface area contributed by atoms with Gasteiger partial charge in [0.2, 0.25) is 0 Å². The second-order valence-electron chi connectivity index (χ2n) is 6.64. The van der Waals surface area contributed by atoms with Crippen LogP contribution in [0.2, 0.25) is 0 Å². The smallest absolute Gasteiger partial charge is 0.303 e. The van der Waals surface area contributed by atoms with Crippen LogP contribution in [-0.2, 0) is 31.4 Å². The normalized spacial score (nSPS) is 13.8. The average molecular weight is 352 g/mol. The fraction of sp³-hybridized carbons (Fsp3) is 0.316. The summed E-state index contributed by atoms with van der Waals surface area (Å²) in [5, 5.41) is 14.2. The minimum atomic E-state index is -0.830. The third-order valence-corrected chi connectivity index (χ3v) is 4.86. The van der Waals surface area contributed by atoms with Crippen molar-refractivity contribution < 1.29 is 14.7 Å². The van der Waals surface area contributed by atoms with Crippen molar-refractivity contribution in [3.05, 3.63) is 53.5 Å². The van der Waals surface area contributed by atoms with Crippen molar-refractivity contribution in [3.63, 3.8) is 0 Å². The lowest BCUT2D eigenvalue weighted by molar-refractivity contribution is -0.136. The number of aliphatic carboxylic acids is 1. The molecule has 4 rings (SSSR count). The van der Waals surface area contributed by atoms with E-state index in [2.05, 4.69) is 5.10 Å². The van der Waals surface area contributed by atoms with E-state index in [1.54, 1.807) is 0 Å². The van der Waals surface area contributed by atoms with E-state index in [4.69, 9.17) is 5.11 Å². The largest absolute Gasteiger partial charge is 0.481 e. The molecule has 134 valence electrons. The number of nitrogens with zero attached hydrogens (tertiary/aromatic N) is 4. The Balaban J connectivity index is 1.56. The maximum absolute atomic E-state index is 13.1. The highest BCUT2D eigenvalue weighted by molar-refractivity contribution is 6.07. The van der Waals surface area contributed by atoms with Gasteiger partial charge >= 0.3 is 5.97 Å².